The molecule has 78 valence electrons. The number of rotatable bonds is 2. The van der Waals surface area contributed by atoms with Crippen LogP contribution in [0.5, 0.6) is 5.75 Å². The zero-order chi connectivity index (χ0) is 10.9. The van der Waals surface area contributed by atoms with Gasteiger partial charge in [0.1, 0.15) is 0 Å². The van der Waals surface area contributed by atoms with E-state index in [0.717, 1.165) is 17.2 Å². The van der Waals surface area contributed by atoms with Crippen molar-refractivity contribution in [2.24, 2.45) is 0 Å². The quantitative estimate of drug-likeness (QED) is 0.725. The van der Waals surface area contributed by atoms with Crippen LogP contribution in [-0.2, 0) is 10.1 Å². The van der Waals surface area contributed by atoms with Crippen molar-refractivity contribution in [3.8, 4) is 5.75 Å². The van der Waals surface area contributed by atoms with Gasteiger partial charge in [-0.1, -0.05) is 18.2 Å². The normalized spacial score (nSPS) is 11.5. The number of nitrogens with zero attached hydrogens (tertiary/aromatic N) is 1. The molecule has 0 amide bonds. The molecule has 1 aromatic carbocycles. The number of benzene rings is 1. The Bertz CT molecular complexity index is 592. The van der Waals surface area contributed by atoms with Crippen LogP contribution in [0.25, 0.3) is 10.9 Å². The molecule has 0 radical (unpaired) electrons. The van der Waals surface area contributed by atoms with Gasteiger partial charge in [-0.3, -0.25) is 4.98 Å². The second-order valence-corrected chi connectivity index (χ2v) is 4.73. The highest BCUT2D eigenvalue weighted by atomic mass is 32.2. The van der Waals surface area contributed by atoms with Gasteiger partial charge in [-0.2, -0.15) is 8.42 Å². The van der Waals surface area contributed by atoms with Crippen LogP contribution in [-0.4, -0.2) is 19.7 Å². The van der Waals surface area contributed by atoms with Crippen LogP contribution < -0.4 is 4.18 Å². The molecule has 0 N–H and O–H groups in total. The van der Waals surface area contributed by atoms with Gasteiger partial charge >= 0.3 is 10.1 Å². The molecule has 0 aliphatic rings. The van der Waals surface area contributed by atoms with Crippen LogP contribution in [0.4, 0.5) is 0 Å². The molecule has 5 heteroatoms. The fourth-order valence-corrected chi connectivity index (χ4v) is 1.71. The van der Waals surface area contributed by atoms with Gasteiger partial charge in [-0.05, 0) is 12.1 Å². The molecule has 0 aliphatic heterocycles. The van der Waals surface area contributed by atoms with Gasteiger partial charge in [0.25, 0.3) is 0 Å². The van der Waals surface area contributed by atoms with Gasteiger partial charge in [0, 0.05) is 5.39 Å². The molecule has 0 fully saturated rings. The lowest BCUT2D eigenvalue weighted by Gasteiger charge is -2.03. The molecule has 2 rings (SSSR count). The summed E-state index contributed by atoms with van der Waals surface area (Å²) in [6.45, 7) is 0. The predicted octanol–water partition coefficient (Wildman–Crippen LogP) is 1.57. The third-order valence-corrected chi connectivity index (χ3v) is 2.31. The van der Waals surface area contributed by atoms with E-state index in [1.54, 1.807) is 6.07 Å². The molecule has 0 saturated carbocycles. The van der Waals surface area contributed by atoms with E-state index >= 15 is 0 Å². The number of hydrogen-bond donors (Lipinski definition) is 0. The second kappa shape index (κ2) is 3.51. The van der Waals surface area contributed by atoms with E-state index in [-0.39, 0.29) is 5.75 Å². The monoisotopic (exact) mass is 223 g/mol. The van der Waals surface area contributed by atoms with Crippen molar-refractivity contribution in [2.45, 2.75) is 0 Å². The summed E-state index contributed by atoms with van der Waals surface area (Å²) >= 11 is 0. The standard InChI is InChI=1S/C10H9NO3S/c1-15(12,13)14-9-6-8-4-2-3-5-10(8)11-7-9/h2-7H,1H3. The average molecular weight is 223 g/mol. The molecule has 0 bridgehead atoms. The van der Waals surface area contributed by atoms with Crippen molar-refractivity contribution < 1.29 is 12.6 Å². The van der Waals surface area contributed by atoms with Crippen molar-refractivity contribution in [3.05, 3.63) is 36.5 Å². The molecular formula is C10H9NO3S. The largest absolute Gasteiger partial charge is 0.381 e. The maximum Gasteiger partial charge on any atom is 0.306 e. The van der Waals surface area contributed by atoms with Crippen molar-refractivity contribution in [1.82, 2.24) is 4.98 Å². The van der Waals surface area contributed by atoms with Gasteiger partial charge in [-0.25, -0.2) is 0 Å². The maximum absolute atomic E-state index is 10.9. The summed E-state index contributed by atoms with van der Waals surface area (Å²) in [4.78, 5) is 4.08. The first-order valence-corrected chi connectivity index (χ1v) is 6.10. The summed E-state index contributed by atoms with van der Waals surface area (Å²) < 4.78 is 26.5. The highest BCUT2D eigenvalue weighted by Gasteiger charge is 2.05. The van der Waals surface area contributed by atoms with Gasteiger partial charge in [0.15, 0.2) is 5.75 Å². The summed E-state index contributed by atoms with van der Waals surface area (Å²) in [5.74, 6) is 0.233. The molecule has 1 heterocycles. The van der Waals surface area contributed by atoms with E-state index < -0.39 is 10.1 Å². The first-order chi connectivity index (χ1) is 7.04. The molecule has 0 spiro atoms. The zero-order valence-corrected chi connectivity index (χ0v) is 8.86. The fraction of sp³-hybridized carbons (Fsp3) is 0.100. The van der Waals surface area contributed by atoms with Crippen molar-refractivity contribution in [2.75, 3.05) is 6.26 Å². The molecule has 0 aliphatic carbocycles. The maximum atomic E-state index is 10.9. The summed E-state index contributed by atoms with van der Waals surface area (Å²) in [7, 11) is -3.49. The van der Waals surface area contributed by atoms with Crippen LogP contribution >= 0.6 is 0 Å². The summed E-state index contributed by atoms with van der Waals surface area (Å²) in [6, 6.07) is 9.06. The molecule has 0 atom stereocenters. The lowest BCUT2D eigenvalue weighted by atomic mass is 10.2. The number of fused-ring (bicyclic) bond motifs is 1. The minimum atomic E-state index is -3.49. The van der Waals surface area contributed by atoms with Crippen LogP contribution in [0.1, 0.15) is 0 Å². The summed E-state index contributed by atoms with van der Waals surface area (Å²) in [5, 5.41) is 0.846. The van der Waals surface area contributed by atoms with Crippen LogP contribution in [0.15, 0.2) is 36.5 Å². The second-order valence-electron chi connectivity index (χ2n) is 3.15. The van der Waals surface area contributed by atoms with E-state index in [2.05, 4.69) is 4.98 Å². The van der Waals surface area contributed by atoms with Gasteiger partial charge in [0.2, 0.25) is 0 Å². The van der Waals surface area contributed by atoms with Gasteiger partial charge in [0.05, 0.1) is 18.0 Å². The number of pyridine rings is 1. The van der Waals surface area contributed by atoms with Crippen LogP contribution in [0, 0.1) is 0 Å². The Hall–Kier alpha value is -1.62. The van der Waals surface area contributed by atoms with Crippen molar-refractivity contribution >= 4 is 21.0 Å². The van der Waals surface area contributed by atoms with E-state index in [4.69, 9.17) is 4.18 Å². The van der Waals surface area contributed by atoms with Crippen molar-refractivity contribution in [1.29, 1.82) is 0 Å². The highest BCUT2D eigenvalue weighted by Crippen LogP contribution is 2.18. The third kappa shape index (κ3) is 2.44. The smallest absolute Gasteiger partial charge is 0.306 e. The topological polar surface area (TPSA) is 56.3 Å². The highest BCUT2D eigenvalue weighted by molar-refractivity contribution is 7.86. The summed E-state index contributed by atoms with van der Waals surface area (Å²) in [5.41, 5.74) is 0.804. The Kier molecular flexibility index (Phi) is 2.32. The number of hydrogen-bond acceptors (Lipinski definition) is 4. The van der Waals surface area contributed by atoms with E-state index in [9.17, 15) is 8.42 Å². The fourth-order valence-electron chi connectivity index (χ4n) is 1.27. The first kappa shape index (κ1) is 9.92. The zero-order valence-electron chi connectivity index (χ0n) is 8.04. The van der Waals surface area contributed by atoms with Crippen LogP contribution in [0.2, 0.25) is 0 Å². The van der Waals surface area contributed by atoms with Gasteiger partial charge < -0.3 is 4.18 Å². The summed E-state index contributed by atoms with van der Waals surface area (Å²) in [6.07, 6.45) is 2.39. The van der Waals surface area contributed by atoms with Crippen LogP contribution in [0.3, 0.4) is 0 Å². The van der Waals surface area contributed by atoms with E-state index in [1.807, 2.05) is 24.3 Å². The van der Waals surface area contributed by atoms with Gasteiger partial charge in [-0.15, -0.1) is 0 Å². The molecule has 2 aromatic rings. The molecular weight excluding hydrogens is 214 g/mol. The predicted molar refractivity (Wildman–Crippen MR) is 57.2 cm³/mol. The Morgan fingerprint density at radius 1 is 1.27 bits per heavy atom. The Morgan fingerprint density at radius 3 is 2.73 bits per heavy atom. The van der Waals surface area contributed by atoms with Crippen molar-refractivity contribution in [3.63, 3.8) is 0 Å². The minimum Gasteiger partial charge on any atom is -0.381 e. The Morgan fingerprint density at radius 2 is 2.00 bits per heavy atom. The van der Waals surface area contributed by atoms with E-state index in [1.165, 1.54) is 6.20 Å². The SMILES string of the molecule is CS(=O)(=O)Oc1cnc2ccccc2c1. The average Bonchev–Trinajstić information content (AvgIpc) is 2.15. The molecule has 0 unspecified atom stereocenters. The Labute approximate surface area is 87.6 Å². The lowest BCUT2D eigenvalue weighted by molar-refractivity contribution is 0.492. The molecule has 0 saturated heterocycles. The number of para-hydroxylation sites is 1. The number of aromatic nitrogens is 1. The Balaban J connectivity index is 2.48. The molecule has 1 aromatic heterocycles. The van der Waals surface area contributed by atoms with E-state index in [0.29, 0.717) is 0 Å². The first-order valence-electron chi connectivity index (χ1n) is 4.29. The minimum absolute atomic E-state index is 0.233. The third-order valence-electron chi connectivity index (χ3n) is 1.81. The molecule has 15 heavy (non-hydrogen) atoms. The lowest BCUT2D eigenvalue weighted by Crippen LogP contribution is -2.05. The molecule has 4 nitrogen and oxygen atoms in total.